The maximum atomic E-state index is 12.2. The van der Waals surface area contributed by atoms with Crippen LogP contribution in [0.15, 0.2) is 36.7 Å². The molecule has 0 aliphatic heterocycles. The number of hydrogen-bond donors (Lipinski definition) is 0. The fraction of sp³-hybridized carbons (Fsp3) is 0.250. The summed E-state index contributed by atoms with van der Waals surface area (Å²) in [5, 5.41) is 0. The average molecular weight is 299 g/mol. The Morgan fingerprint density at radius 1 is 1.14 bits per heavy atom. The van der Waals surface area contributed by atoms with E-state index < -0.39 is 0 Å². The number of carbonyl (C=O) groups is 2. The Bertz CT molecular complexity index is 666. The van der Waals surface area contributed by atoms with Crippen molar-refractivity contribution in [3.8, 4) is 0 Å². The van der Waals surface area contributed by atoms with Gasteiger partial charge in [-0.05, 0) is 24.6 Å². The van der Waals surface area contributed by atoms with Gasteiger partial charge in [-0.1, -0.05) is 12.1 Å². The molecule has 0 saturated heterocycles. The minimum Gasteiger partial charge on any atom is -0.465 e. The number of amides is 1. The molecule has 1 heterocycles. The van der Waals surface area contributed by atoms with Gasteiger partial charge in [0.15, 0.2) is 0 Å². The number of hydrogen-bond acceptors (Lipinski definition) is 5. The normalized spacial score (nSPS) is 10.1. The highest BCUT2D eigenvalue weighted by Crippen LogP contribution is 2.09. The number of aryl methyl sites for hydroxylation is 1. The summed E-state index contributed by atoms with van der Waals surface area (Å²) in [4.78, 5) is 33.3. The van der Waals surface area contributed by atoms with Gasteiger partial charge < -0.3 is 9.64 Å². The van der Waals surface area contributed by atoms with Crippen LogP contribution in [0.4, 0.5) is 0 Å². The van der Waals surface area contributed by atoms with Crippen molar-refractivity contribution in [2.45, 2.75) is 13.5 Å². The second kappa shape index (κ2) is 6.80. The molecule has 0 saturated carbocycles. The molecule has 6 heteroatoms. The van der Waals surface area contributed by atoms with Crippen LogP contribution in [0.3, 0.4) is 0 Å². The Kier molecular flexibility index (Phi) is 4.83. The van der Waals surface area contributed by atoms with Crippen LogP contribution in [0.1, 0.15) is 32.1 Å². The van der Waals surface area contributed by atoms with Crippen LogP contribution in [0.2, 0.25) is 0 Å². The number of esters is 1. The van der Waals surface area contributed by atoms with Crippen LogP contribution in [-0.4, -0.2) is 40.9 Å². The Balaban J connectivity index is 2.05. The largest absolute Gasteiger partial charge is 0.465 e. The molecule has 2 aromatic rings. The summed E-state index contributed by atoms with van der Waals surface area (Å²) in [7, 11) is 3.03. The summed E-state index contributed by atoms with van der Waals surface area (Å²) in [6.45, 7) is 2.23. The Morgan fingerprint density at radius 3 is 2.36 bits per heavy atom. The van der Waals surface area contributed by atoms with E-state index in [0.29, 0.717) is 17.8 Å². The zero-order chi connectivity index (χ0) is 16.1. The van der Waals surface area contributed by atoms with Gasteiger partial charge in [-0.3, -0.25) is 9.78 Å². The Hall–Kier alpha value is -2.76. The van der Waals surface area contributed by atoms with E-state index >= 15 is 0 Å². The zero-order valence-corrected chi connectivity index (χ0v) is 12.7. The van der Waals surface area contributed by atoms with Gasteiger partial charge in [0.2, 0.25) is 0 Å². The van der Waals surface area contributed by atoms with E-state index in [4.69, 9.17) is 0 Å². The third kappa shape index (κ3) is 3.66. The van der Waals surface area contributed by atoms with Crippen molar-refractivity contribution >= 4 is 11.9 Å². The van der Waals surface area contributed by atoms with Gasteiger partial charge in [0, 0.05) is 19.8 Å². The topological polar surface area (TPSA) is 72.4 Å². The summed E-state index contributed by atoms with van der Waals surface area (Å²) in [6, 6.07) is 6.92. The predicted molar refractivity (Wildman–Crippen MR) is 80.3 cm³/mol. The maximum Gasteiger partial charge on any atom is 0.337 e. The molecule has 0 spiro atoms. The first-order valence-corrected chi connectivity index (χ1v) is 6.72. The molecule has 6 nitrogen and oxygen atoms in total. The number of nitrogens with zero attached hydrogens (tertiary/aromatic N) is 3. The number of benzene rings is 1. The van der Waals surface area contributed by atoms with Gasteiger partial charge in [0.25, 0.3) is 5.91 Å². The number of carbonyl (C=O) groups excluding carboxylic acids is 2. The highest BCUT2D eigenvalue weighted by atomic mass is 16.5. The minimum atomic E-state index is -0.383. The minimum absolute atomic E-state index is 0.204. The lowest BCUT2D eigenvalue weighted by Crippen LogP contribution is -2.27. The molecule has 1 amide bonds. The summed E-state index contributed by atoms with van der Waals surface area (Å²) in [5.74, 6) is -0.588. The van der Waals surface area contributed by atoms with Gasteiger partial charge in [-0.2, -0.15) is 0 Å². The van der Waals surface area contributed by atoms with Crippen molar-refractivity contribution in [1.82, 2.24) is 14.9 Å². The number of methoxy groups -OCH3 is 1. The van der Waals surface area contributed by atoms with E-state index in [-0.39, 0.29) is 11.9 Å². The fourth-order valence-electron chi connectivity index (χ4n) is 1.91. The van der Waals surface area contributed by atoms with Crippen LogP contribution in [-0.2, 0) is 11.3 Å². The lowest BCUT2D eigenvalue weighted by Gasteiger charge is -2.16. The van der Waals surface area contributed by atoms with Crippen molar-refractivity contribution in [2.75, 3.05) is 14.2 Å². The molecule has 0 aliphatic carbocycles. The van der Waals surface area contributed by atoms with Crippen molar-refractivity contribution < 1.29 is 14.3 Å². The van der Waals surface area contributed by atoms with E-state index in [1.165, 1.54) is 13.3 Å². The number of rotatable bonds is 4. The van der Waals surface area contributed by atoms with E-state index in [2.05, 4.69) is 14.7 Å². The molecule has 2 rings (SSSR count). The highest BCUT2D eigenvalue weighted by Gasteiger charge is 2.14. The quantitative estimate of drug-likeness (QED) is 0.806. The van der Waals surface area contributed by atoms with Gasteiger partial charge >= 0.3 is 5.97 Å². The second-order valence-electron chi connectivity index (χ2n) is 4.89. The molecule has 22 heavy (non-hydrogen) atoms. The third-order valence-electron chi connectivity index (χ3n) is 3.14. The number of aromatic nitrogens is 2. The van der Waals surface area contributed by atoms with Gasteiger partial charge in [-0.25, -0.2) is 9.78 Å². The Morgan fingerprint density at radius 2 is 1.82 bits per heavy atom. The van der Waals surface area contributed by atoms with Gasteiger partial charge in [-0.15, -0.1) is 0 Å². The lowest BCUT2D eigenvalue weighted by molar-refractivity contribution is 0.0600. The third-order valence-corrected chi connectivity index (χ3v) is 3.14. The highest BCUT2D eigenvalue weighted by molar-refractivity contribution is 5.92. The van der Waals surface area contributed by atoms with E-state index in [0.717, 1.165) is 11.3 Å². The molecule has 0 bridgehead atoms. The van der Waals surface area contributed by atoms with Crippen LogP contribution in [0.5, 0.6) is 0 Å². The molecular weight excluding hydrogens is 282 g/mol. The first kappa shape index (κ1) is 15.6. The smallest absolute Gasteiger partial charge is 0.337 e. The van der Waals surface area contributed by atoms with Crippen molar-refractivity contribution in [3.05, 3.63) is 59.2 Å². The van der Waals surface area contributed by atoms with E-state index in [9.17, 15) is 9.59 Å². The second-order valence-corrected chi connectivity index (χ2v) is 4.89. The molecule has 0 unspecified atom stereocenters. The number of ether oxygens (including phenoxy) is 1. The maximum absolute atomic E-state index is 12.2. The summed E-state index contributed by atoms with van der Waals surface area (Å²) < 4.78 is 4.64. The Labute approximate surface area is 128 Å². The molecule has 0 atom stereocenters. The average Bonchev–Trinajstić information content (AvgIpc) is 2.54. The first-order chi connectivity index (χ1) is 10.5. The molecule has 114 valence electrons. The van der Waals surface area contributed by atoms with Crippen LogP contribution >= 0.6 is 0 Å². The first-order valence-electron chi connectivity index (χ1n) is 6.72. The van der Waals surface area contributed by atoms with Crippen LogP contribution in [0, 0.1) is 6.92 Å². The zero-order valence-electron chi connectivity index (χ0n) is 12.7. The summed E-state index contributed by atoms with van der Waals surface area (Å²) in [6.07, 6.45) is 3.03. The predicted octanol–water partition coefficient (Wildman–Crippen LogP) is 1.84. The molecule has 0 radical (unpaired) electrons. The lowest BCUT2D eigenvalue weighted by atomic mass is 10.1. The standard InChI is InChI=1S/C16H17N3O3/c1-11-8-18-14(9-17-11)15(20)19(2)10-12-4-6-13(7-5-12)16(21)22-3/h4-9H,10H2,1-3H3. The monoisotopic (exact) mass is 299 g/mol. The molecule has 1 aromatic carbocycles. The van der Waals surface area contributed by atoms with E-state index in [1.807, 2.05) is 6.92 Å². The van der Waals surface area contributed by atoms with Crippen molar-refractivity contribution in [2.24, 2.45) is 0 Å². The molecule has 0 fully saturated rings. The van der Waals surface area contributed by atoms with E-state index in [1.54, 1.807) is 42.4 Å². The van der Waals surface area contributed by atoms with Gasteiger partial charge in [0.1, 0.15) is 5.69 Å². The molecular formula is C16H17N3O3. The molecule has 0 N–H and O–H groups in total. The molecule has 1 aromatic heterocycles. The molecule has 0 aliphatic rings. The van der Waals surface area contributed by atoms with Crippen LogP contribution < -0.4 is 0 Å². The SMILES string of the molecule is COC(=O)c1ccc(CN(C)C(=O)c2cnc(C)cn2)cc1. The summed E-state index contributed by atoms with van der Waals surface area (Å²) >= 11 is 0. The summed E-state index contributed by atoms with van der Waals surface area (Å²) in [5.41, 5.74) is 2.45. The van der Waals surface area contributed by atoms with Crippen LogP contribution in [0.25, 0.3) is 0 Å². The van der Waals surface area contributed by atoms with Crippen molar-refractivity contribution in [1.29, 1.82) is 0 Å². The van der Waals surface area contributed by atoms with Crippen molar-refractivity contribution in [3.63, 3.8) is 0 Å². The fourth-order valence-corrected chi connectivity index (χ4v) is 1.91. The van der Waals surface area contributed by atoms with Gasteiger partial charge in [0.05, 0.1) is 24.6 Å².